The molecule has 0 bridgehead atoms. The molecule has 0 aliphatic carbocycles. The second-order valence-electron chi connectivity index (χ2n) is 17.7. The Morgan fingerprint density at radius 2 is 0.761 bits per heavy atom. The van der Waals surface area contributed by atoms with E-state index in [0.29, 0.717) is 90.1 Å². The van der Waals surface area contributed by atoms with Gasteiger partial charge in [-0.3, -0.25) is 28.8 Å². The van der Waals surface area contributed by atoms with Gasteiger partial charge in [-0.25, -0.2) is 0 Å². The number of rotatable bonds is 48. The maximum atomic E-state index is 13.4. The van der Waals surface area contributed by atoms with E-state index in [0.717, 1.165) is 96.3 Å². The van der Waals surface area contributed by atoms with Crippen molar-refractivity contribution in [1.82, 2.24) is 4.90 Å². The lowest BCUT2D eigenvalue weighted by atomic mass is 9.93. The average Bonchev–Trinajstić information content (AvgIpc) is 3.29. The van der Waals surface area contributed by atoms with Crippen molar-refractivity contribution in [2.45, 2.75) is 225 Å². The Balaban J connectivity index is 5.54. The van der Waals surface area contributed by atoms with Gasteiger partial charge in [0.15, 0.2) is 11.9 Å². The van der Waals surface area contributed by atoms with Gasteiger partial charge in [0, 0.05) is 45.5 Å². The largest absolute Gasteiger partial charge is 0.466 e. The Morgan fingerprint density at radius 3 is 1.12 bits per heavy atom. The van der Waals surface area contributed by atoms with Crippen LogP contribution in [-0.2, 0) is 61.9 Å². The molecule has 0 aliphatic heterocycles. The molecular weight excluding hydrogens is 865 g/mol. The molecule has 0 rings (SSSR count). The van der Waals surface area contributed by atoms with Crippen LogP contribution in [0.5, 0.6) is 0 Å². The summed E-state index contributed by atoms with van der Waals surface area (Å²) in [4.78, 5) is 78.3. The van der Waals surface area contributed by atoms with Crippen LogP contribution in [0.3, 0.4) is 0 Å². The van der Waals surface area contributed by atoms with Gasteiger partial charge >= 0.3 is 35.8 Å². The number of carbonyl (C=O) groups excluding carboxylic acids is 6. The van der Waals surface area contributed by atoms with Gasteiger partial charge in [-0.15, -0.1) is 0 Å². The summed E-state index contributed by atoms with van der Waals surface area (Å²) in [6, 6.07) is 0. The number of unbranched alkanes of at least 4 members (excludes halogenated alkanes) is 18. The monoisotopic (exact) mass is 959 g/mol. The van der Waals surface area contributed by atoms with E-state index in [-0.39, 0.29) is 70.5 Å². The van der Waals surface area contributed by atoms with Gasteiger partial charge in [-0.1, -0.05) is 97.8 Å². The second-order valence-corrected chi connectivity index (χ2v) is 17.7. The van der Waals surface area contributed by atoms with Crippen molar-refractivity contribution in [3.63, 3.8) is 0 Å². The molecular formula is C51H94N2O14. The molecule has 392 valence electrons. The molecule has 0 saturated carbocycles. The lowest BCUT2D eigenvalue weighted by Crippen LogP contribution is -2.51. The molecule has 0 saturated heterocycles. The fraction of sp³-hybridized carbons (Fsp3) is 0.882. The summed E-state index contributed by atoms with van der Waals surface area (Å²) in [6.45, 7) is 8.38. The minimum absolute atomic E-state index is 0.0111. The number of nitrogens with two attached hydrogens (primary N) is 1. The fourth-order valence-electron chi connectivity index (χ4n) is 7.10. The molecule has 3 N–H and O–H groups in total. The molecule has 0 aromatic rings. The van der Waals surface area contributed by atoms with E-state index in [1.165, 1.54) is 0 Å². The van der Waals surface area contributed by atoms with E-state index in [4.69, 9.17) is 38.9 Å². The minimum atomic E-state index is -2.18. The summed E-state index contributed by atoms with van der Waals surface area (Å²) in [5.74, 6) is -3.07. The predicted molar refractivity (Wildman–Crippen MR) is 258 cm³/mol. The van der Waals surface area contributed by atoms with E-state index in [1.54, 1.807) is 7.05 Å². The van der Waals surface area contributed by atoms with E-state index >= 15 is 0 Å². The molecule has 67 heavy (non-hydrogen) atoms. The number of ether oxygens (including phenoxy) is 7. The highest BCUT2D eigenvalue weighted by atomic mass is 16.7. The third-order valence-electron chi connectivity index (χ3n) is 11.3. The molecule has 0 fully saturated rings. The number of carbonyl (C=O) groups is 6. The fourth-order valence-corrected chi connectivity index (χ4v) is 7.10. The molecule has 0 aromatic heterocycles. The van der Waals surface area contributed by atoms with Gasteiger partial charge in [-0.05, 0) is 84.1 Å². The van der Waals surface area contributed by atoms with E-state index in [2.05, 4.69) is 20.8 Å². The van der Waals surface area contributed by atoms with Crippen molar-refractivity contribution in [2.24, 2.45) is 5.73 Å². The summed E-state index contributed by atoms with van der Waals surface area (Å²) >= 11 is 0. The Kier molecular flexibility index (Phi) is 42.9. The Morgan fingerprint density at radius 1 is 0.433 bits per heavy atom. The number of aliphatic hydroxyl groups is 1. The zero-order valence-electron chi connectivity index (χ0n) is 42.4. The number of esters is 6. The third-order valence-corrected chi connectivity index (χ3v) is 11.3. The topological polar surface area (TPSA) is 217 Å². The number of hydrogen-bond donors (Lipinski definition) is 2. The van der Waals surface area contributed by atoms with Gasteiger partial charge in [-0.2, -0.15) is 0 Å². The van der Waals surface area contributed by atoms with E-state index < -0.39 is 42.6 Å². The number of nitrogens with zero attached hydrogens (tertiary/aromatic N) is 1. The van der Waals surface area contributed by atoms with Crippen LogP contribution in [0.1, 0.15) is 213 Å². The van der Waals surface area contributed by atoms with Gasteiger partial charge in [0.25, 0.3) is 0 Å². The van der Waals surface area contributed by atoms with Crippen LogP contribution in [0.4, 0.5) is 0 Å². The van der Waals surface area contributed by atoms with Crippen LogP contribution in [0.2, 0.25) is 0 Å². The molecule has 1 unspecified atom stereocenters. The van der Waals surface area contributed by atoms with Crippen molar-refractivity contribution in [3.05, 3.63) is 0 Å². The normalized spacial score (nSPS) is 11.9. The first-order valence-electron chi connectivity index (χ1n) is 26.1. The van der Waals surface area contributed by atoms with Crippen LogP contribution in [0.15, 0.2) is 0 Å². The summed E-state index contributed by atoms with van der Waals surface area (Å²) < 4.78 is 38.7. The Bertz CT molecular complexity index is 1210. The van der Waals surface area contributed by atoms with Crippen molar-refractivity contribution in [1.29, 1.82) is 0 Å². The van der Waals surface area contributed by atoms with Gasteiger partial charge < -0.3 is 48.9 Å². The summed E-state index contributed by atoms with van der Waals surface area (Å²) in [7, 11) is 1.79. The SMILES string of the molecule is CCCCCCCC(=O)OCCCCCOC(=O)CC(CC(=O)OCCCCCOC(=O)CCCCCCC)(OC(=O)CCN(C)CCN)C(O)OCCCCCOC(=O)CCCCCCC. The molecule has 0 radical (unpaired) electrons. The van der Waals surface area contributed by atoms with Crippen molar-refractivity contribution >= 4 is 35.8 Å². The van der Waals surface area contributed by atoms with Crippen molar-refractivity contribution in [3.8, 4) is 0 Å². The number of likely N-dealkylation sites (N-methyl/N-ethyl adjacent to an activating group) is 1. The van der Waals surface area contributed by atoms with Crippen LogP contribution in [-0.4, -0.2) is 124 Å². The Labute approximate surface area is 404 Å². The molecule has 0 spiro atoms. The molecule has 16 nitrogen and oxygen atoms in total. The first kappa shape index (κ1) is 63.7. The average molecular weight is 959 g/mol. The van der Waals surface area contributed by atoms with Crippen LogP contribution < -0.4 is 5.73 Å². The number of hydrogen-bond acceptors (Lipinski definition) is 16. The van der Waals surface area contributed by atoms with E-state index in [1.807, 2.05) is 4.90 Å². The zero-order chi connectivity index (χ0) is 49.6. The van der Waals surface area contributed by atoms with Crippen LogP contribution >= 0.6 is 0 Å². The summed E-state index contributed by atoms with van der Waals surface area (Å²) in [5, 5.41) is 11.6. The molecule has 0 amide bonds. The number of aliphatic hydroxyl groups excluding tert-OH is 1. The lowest BCUT2D eigenvalue weighted by Gasteiger charge is -2.36. The smallest absolute Gasteiger partial charge is 0.310 e. The van der Waals surface area contributed by atoms with Gasteiger partial charge in [0.05, 0.1) is 52.3 Å². The van der Waals surface area contributed by atoms with E-state index in [9.17, 15) is 33.9 Å². The first-order valence-corrected chi connectivity index (χ1v) is 26.1. The third kappa shape index (κ3) is 39.2. The quantitative estimate of drug-likeness (QED) is 0.0252. The summed E-state index contributed by atoms with van der Waals surface area (Å²) in [6.07, 6.45) is 18.3. The highest BCUT2D eigenvalue weighted by Gasteiger charge is 2.48. The summed E-state index contributed by atoms with van der Waals surface area (Å²) in [5.41, 5.74) is 3.49. The maximum absolute atomic E-state index is 13.4. The van der Waals surface area contributed by atoms with Crippen molar-refractivity contribution < 1.29 is 67.0 Å². The van der Waals surface area contributed by atoms with Gasteiger partial charge in [0.2, 0.25) is 0 Å². The Hall–Kier alpha value is -3.34. The predicted octanol–water partition coefficient (Wildman–Crippen LogP) is 8.97. The van der Waals surface area contributed by atoms with Crippen LogP contribution in [0, 0.1) is 0 Å². The van der Waals surface area contributed by atoms with Crippen LogP contribution in [0.25, 0.3) is 0 Å². The molecule has 0 heterocycles. The molecule has 1 atom stereocenters. The zero-order valence-corrected chi connectivity index (χ0v) is 42.4. The van der Waals surface area contributed by atoms with Gasteiger partial charge in [0.1, 0.15) is 0 Å². The second kappa shape index (κ2) is 45.1. The van der Waals surface area contributed by atoms with Crippen molar-refractivity contribution in [2.75, 3.05) is 66.3 Å². The molecule has 0 aliphatic rings. The standard InChI is InChI=1S/C51H94N2O14/c1-5-8-11-14-20-29-44(54)61-36-23-17-26-39-64-48(58)42-51(67-47(57)32-34-53(4)35-33-52,50(60)66-41-28-19-25-38-63-46(56)31-22-16-13-10-7-3)43-49(59)65-40-27-18-24-37-62-45(55)30-21-15-12-9-6-2/h50,60H,5-43,52H2,1-4H3. The minimum Gasteiger partial charge on any atom is -0.466 e. The highest BCUT2D eigenvalue weighted by Crippen LogP contribution is 2.30. The maximum Gasteiger partial charge on any atom is 0.310 e. The first-order chi connectivity index (χ1) is 32.4. The molecule has 16 heteroatoms. The lowest BCUT2D eigenvalue weighted by molar-refractivity contribution is -0.238. The molecule has 0 aromatic carbocycles. The highest BCUT2D eigenvalue weighted by molar-refractivity contribution is 5.78.